The summed E-state index contributed by atoms with van der Waals surface area (Å²) in [4.78, 5) is 25.4. The van der Waals surface area contributed by atoms with E-state index in [1.165, 1.54) is 0 Å². The van der Waals surface area contributed by atoms with Crippen LogP contribution >= 0.6 is 15.9 Å². The SMILES string of the molecule is C[C@@]12C[C@H](c3ccoc3Br)OC(=O)[C@@H]1CC[C@]1(C)[C@H]2[C@H]2C=C[C@]1(O)C(=O)O2. The van der Waals surface area contributed by atoms with Crippen molar-refractivity contribution < 1.29 is 28.6 Å². The Hall–Kier alpha value is -1.60. The molecule has 144 valence electrons. The van der Waals surface area contributed by atoms with Crippen molar-refractivity contribution >= 4 is 27.9 Å². The molecule has 7 atom stereocenters. The molecule has 0 amide bonds. The first kappa shape index (κ1) is 17.5. The normalized spacial score (nSPS) is 47.9. The molecule has 3 fully saturated rings. The maximum Gasteiger partial charge on any atom is 0.343 e. The van der Waals surface area contributed by atoms with Crippen LogP contribution in [0, 0.1) is 22.7 Å². The lowest BCUT2D eigenvalue weighted by atomic mass is 9.42. The lowest BCUT2D eigenvalue weighted by molar-refractivity contribution is -0.259. The summed E-state index contributed by atoms with van der Waals surface area (Å²) in [5.74, 6) is -1.26. The minimum absolute atomic E-state index is 0.169. The third-order valence-electron chi connectivity index (χ3n) is 7.59. The van der Waals surface area contributed by atoms with Crippen LogP contribution in [0.25, 0.3) is 0 Å². The molecule has 0 aromatic carbocycles. The fraction of sp³-hybridized carbons (Fsp3) is 0.600. The predicted molar refractivity (Wildman–Crippen MR) is 96.3 cm³/mol. The minimum Gasteiger partial charge on any atom is -0.457 e. The van der Waals surface area contributed by atoms with Crippen LogP contribution in [0.1, 0.15) is 44.8 Å². The molecule has 6 nitrogen and oxygen atoms in total. The summed E-state index contributed by atoms with van der Waals surface area (Å²) in [6, 6.07) is 1.80. The van der Waals surface area contributed by atoms with Crippen molar-refractivity contribution in [2.75, 3.05) is 0 Å². The molecule has 2 bridgehead atoms. The largest absolute Gasteiger partial charge is 0.457 e. The van der Waals surface area contributed by atoms with Gasteiger partial charge in [0.05, 0.1) is 12.2 Å². The summed E-state index contributed by atoms with van der Waals surface area (Å²) in [5.41, 5.74) is -2.01. The third-order valence-corrected chi connectivity index (χ3v) is 8.23. The summed E-state index contributed by atoms with van der Waals surface area (Å²) in [7, 11) is 0. The summed E-state index contributed by atoms with van der Waals surface area (Å²) in [6.45, 7) is 4.03. The Morgan fingerprint density at radius 3 is 2.70 bits per heavy atom. The lowest BCUT2D eigenvalue weighted by Gasteiger charge is -2.65. The Labute approximate surface area is 165 Å². The van der Waals surface area contributed by atoms with E-state index >= 15 is 0 Å². The fourth-order valence-corrected chi connectivity index (χ4v) is 6.72. The zero-order chi connectivity index (χ0) is 19.2. The lowest BCUT2D eigenvalue weighted by Crippen LogP contribution is -2.72. The number of cyclic esters (lactones) is 1. The van der Waals surface area contributed by atoms with Crippen molar-refractivity contribution in [3.8, 4) is 0 Å². The molecule has 27 heavy (non-hydrogen) atoms. The molecular weight excluding hydrogens is 416 g/mol. The van der Waals surface area contributed by atoms with Crippen LogP contribution in [0.3, 0.4) is 0 Å². The summed E-state index contributed by atoms with van der Waals surface area (Å²) in [5, 5.41) is 11.2. The first-order valence-corrected chi connectivity index (χ1v) is 10.1. The summed E-state index contributed by atoms with van der Waals surface area (Å²) < 4.78 is 17.2. The number of hydrogen-bond acceptors (Lipinski definition) is 6. The second-order valence-corrected chi connectivity index (χ2v) is 9.49. The molecule has 5 aliphatic rings. The molecule has 1 saturated carbocycles. The van der Waals surface area contributed by atoms with Crippen molar-refractivity contribution in [1.82, 2.24) is 0 Å². The van der Waals surface area contributed by atoms with Gasteiger partial charge in [-0.3, -0.25) is 4.79 Å². The smallest absolute Gasteiger partial charge is 0.343 e. The van der Waals surface area contributed by atoms with Crippen LogP contribution in [0.15, 0.2) is 33.6 Å². The number of aliphatic hydroxyl groups is 1. The number of halogens is 1. The Morgan fingerprint density at radius 1 is 1.26 bits per heavy atom. The molecule has 4 heterocycles. The van der Waals surface area contributed by atoms with Gasteiger partial charge in [0.15, 0.2) is 10.3 Å². The molecular formula is C20H21BrO6. The van der Waals surface area contributed by atoms with E-state index in [2.05, 4.69) is 22.9 Å². The van der Waals surface area contributed by atoms with Crippen LogP contribution in [-0.2, 0) is 19.1 Å². The maximum atomic E-state index is 12.9. The van der Waals surface area contributed by atoms with Gasteiger partial charge in [-0.15, -0.1) is 0 Å². The molecule has 1 aromatic rings. The molecule has 0 spiro atoms. The number of hydrogen-bond donors (Lipinski definition) is 1. The molecule has 0 unspecified atom stereocenters. The molecule has 1 aromatic heterocycles. The standard InChI is InChI=1S/C20H21BrO6/c1-18-9-13(10-5-8-25-15(10)21)26-16(22)11(18)3-6-19(2)14(18)12-4-7-20(19,24)17(23)27-12/h4-5,7-8,11-14,24H,3,6,9H2,1-2H3/t11-,12+,13+,14-,18+,19+,20-/m0/s1. The Balaban J connectivity index is 1.61. The van der Waals surface area contributed by atoms with Gasteiger partial charge in [-0.1, -0.05) is 13.8 Å². The van der Waals surface area contributed by atoms with E-state index in [1.807, 2.05) is 6.92 Å². The van der Waals surface area contributed by atoms with Gasteiger partial charge in [0, 0.05) is 16.9 Å². The molecule has 7 heteroatoms. The zero-order valence-electron chi connectivity index (χ0n) is 15.1. The average molecular weight is 437 g/mol. The molecule has 3 aliphatic heterocycles. The van der Waals surface area contributed by atoms with Crippen LogP contribution < -0.4 is 0 Å². The summed E-state index contributed by atoms with van der Waals surface area (Å²) in [6.07, 6.45) is 5.78. The number of carbonyl (C=O) groups is 2. The number of rotatable bonds is 1. The minimum atomic E-state index is -1.65. The number of ether oxygens (including phenoxy) is 2. The molecule has 1 N–H and O–H groups in total. The molecule has 2 aliphatic carbocycles. The van der Waals surface area contributed by atoms with E-state index in [1.54, 1.807) is 24.5 Å². The number of carbonyl (C=O) groups excluding carboxylic acids is 2. The Kier molecular flexibility index (Phi) is 3.41. The van der Waals surface area contributed by atoms with Gasteiger partial charge in [-0.25, -0.2) is 4.79 Å². The van der Waals surface area contributed by atoms with Gasteiger partial charge in [-0.05, 0) is 58.8 Å². The fourth-order valence-electron chi connectivity index (χ4n) is 6.22. The van der Waals surface area contributed by atoms with Gasteiger partial charge in [0.1, 0.15) is 12.2 Å². The van der Waals surface area contributed by atoms with Gasteiger partial charge in [0.2, 0.25) is 0 Å². The van der Waals surface area contributed by atoms with Gasteiger partial charge in [-0.2, -0.15) is 0 Å². The monoisotopic (exact) mass is 436 g/mol. The van der Waals surface area contributed by atoms with Crippen molar-refractivity contribution in [1.29, 1.82) is 0 Å². The Bertz CT molecular complexity index is 876. The second kappa shape index (κ2) is 5.26. The average Bonchev–Trinajstić information content (AvgIpc) is 3.02. The first-order valence-electron chi connectivity index (χ1n) is 9.27. The van der Waals surface area contributed by atoms with E-state index in [0.29, 0.717) is 23.9 Å². The van der Waals surface area contributed by atoms with Gasteiger partial charge < -0.3 is 19.0 Å². The van der Waals surface area contributed by atoms with E-state index < -0.39 is 34.6 Å². The number of esters is 2. The topological polar surface area (TPSA) is 86.0 Å². The highest BCUT2D eigenvalue weighted by Gasteiger charge is 2.72. The Morgan fingerprint density at radius 2 is 2.04 bits per heavy atom. The van der Waals surface area contributed by atoms with Crippen LogP contribution in [0.5, 0.6) is 0 Å². The van der Waals surface area contributed by atoms with E-state index in [4.69, 9.17) is 13.9 Å². The van der Waals surface area contributed by atoms with Crippen molar-refractivity contribution in [2.45, 2.75) is 50.9 Å². The first-order chi connectivity index (χ1) is 12.7. The summed E-state index contributed by atoms with van der Waals surface area (Å²) >= 11 is 3.38. The second-order valence-electron chi connectivity index (χ2n) is 8.77. The maximum absolute atomic E-state index is 12.9. The third kappa shape index (κ3) is 1.99. The highest BCUT2D eigenvalue weighted by atomic mass is 79.9. The van der Waals surface area contributed by atoms with Crippen molar-refractivity contribution in [2.24, 2.45) is 22.7 Å². The van der Waals surface area contributed by atoms with Gasteiger partial charge >= 0.3 is 11.9 Å². The molecule has 2 saturated heterocycles. The van der Waals surface area contributed by atoms with Crippen molar-refractivity contribution in [3.63, 3.8) is 0 Å². The predicted octanol–water partition coefficient (Wildman–Crippen LogP) is 3.30. The highest BCUT2D eigenvalue weighted by molar-refractivity contribution is 9.10. The van der Waals surface area contributed by atoms with Crippen LogP contribution in [0.2, 0.25) is 0 Å². The zero-order valence-corrected chi connectivity index (χ0v) is 16.7. The molecule has 6 rings (SSSR count). The van der Waals surface area contributed by atoms with Crippen LogP contribution in [0.4, 0.5) is 0 Å². The number of fused-ring (bicyclic) bond motifs is 2. The van der Waals surface area contributed by atoms with E-state index in [-0.39, 0.29) is 17.8 Å². The highest BCUT2D eigenvalue weighted by Crippen LogP contribution is 2.67. The van der Waals surface area contributed by atoms with Crippen LogP contribution in [-0.4, -0.2) is 28.8 Å². The van der Waals surface area contributed by atoms with Crippen molar-refractivity contribution in [3.05, 3.63) is 34.7 Å². The number of furan rings is 1. The van der Waals surface area contributed by atoms with E-state index in [0.717, 1.165) is 5.56 Å². The quantitative estimate of drug-likeness (QED) is 0.536. The van der Waals surface area contributed by atoms with Gasteiger partial charge in [0.25, 0.3) is 0 Å². The van der Waals surface area contributed by atoms with E-state index in [9.17, 15) is 14.7 Å². The molecule has 0 radical (unpaired) electrons.